The van der Waals surface area contributed by atoms with Crippen molar-refractivity contribution in [3.05, 3.63) is 73.1 Å². The predicted molar refractivity (Wildman–Crippen MR) is 109 cm³/mol. The zero-order chi connectivity index (χ0) is 17.7. The molecule has 3 heterocycles. The maximum absolute atomic E-state index is 4.50. The summed E-state index contributed by atoms with van der Waals surface area (Å²) in [5.41, 5.74) is 5.17. The summed E-state index contributed by atoms with van der Waals surface area (Å²) in [6, 6.07) is 17.3. The van der Waals surface area contributed by atoms with E-state index in [-0.39, 0.29) is 0 Å². The molecule has 3 aromatic heterocycles. The molecule has 0 unspecified atom stereocenters. The second-order valence-electron chi connectivity index (χ2n) is 6.30. The van der Waals surface area contributed by atoms with Crippen molar-refractivity contribution in [2.24, 2.45) is 0 Å². The lowest BCUT2D eigenvalue weighted by atomic mass is 10.0. The summed E-state index contributed by atoms with van der Waals surface area (Å²) in [5, 5.41) is 2.60. The Morgan fingerprint density at radius 2 is 1.81 bits per heavy atom. The van der Waals surface area contributed by atoms with E-state index in [0.717, 1.165) is 16.9 Å². The highest BCUT2D eigenvalue weighted by Gasteiger charge is 2.18. The van der Waals surface area contributed by atoms with Crippen molar-refractivity contribution in [1.82, 2.24) is 9.97 Å². The van der Waals surface area contributed by atoms with Crippen LogP contribution in [0.25, 0.3) is 48.8 Å². The molecule has 0 amide bonds. The molecule has 26 heavy (non-hydrogen) atoms. The first-order valence-electron chi connectivity index (χ1n) is 8.46. The minimum absolute atomic E-state index is 0.815. The van der Waals surface area contributed by atoms with Gasteiger partial charge in [0.05, 0.1) is 12.4 Å². The Balaban J connectivity index is 1.86. The molecule has 0 aliphatic rings. The Morgan fingerprint density at radius 3 is 2.69 bits per heavy atom. The van der Waals surface area contributed by atoms with Gasteiger partial charge in [-0.25, -0.2) is 4.98 Å². The van der Waals surface area contributed by atoms with Crippen molar-refractivity contribution >= 4 is 48.9 Å². The number of nitrogens with zero attached hydrogens (tertiary/aromatic N) is 3. The summed E-state index contributed by atoms with van der Waals surface area (Å²) >= 11 is 1.84. The third kappa shape index (κ3) is 2.16. The third-order valence-electron chi connectivity index (χ3n) is 4.78. The molecule has 0 bridgehead atoms. The van der Waals surface area contributed by atoms with E-state index in [1.165, 1.54) is 31.3 Å². The fourth-order valence-electron chi connectivity index (χ4n) is 3.55. The fraction of sp³-hybridized carbons (Fsp3) is 0.0455. The van der Waals surface area contributed by atoms with Gasteiger partial charge in [-0.1, -0.05) is 24.8 Å². The van der Waals surface area contributed by atoms with Crippen LogP contribution >= 0.6 is 11.3 Å². The van der Waals surface area contributed by atoms with Crippen molar-refractivity contribution < 1.29 is 4.57 Å². The van der Waals surface area contributed by atoms with Gasteiger partial charge < -0.3 is 0 Å². The van der Waals surface area contributed by atoms with Crippen molar-refractivity contribution in [3.63, 3.8) is 0 Å². The van der Waals surface area contributed by atoms with Crippen LogP contribution < -0.4 is 4.57 Å². The maximum atomic E-state index is 4.50. The highest BCUT2D eigenvalue weighted by Crippen LogP contribution is 2.37. The Kier molecular flexibility index (Phi) is 3.33. The molecule has 0 aliphatic heterocycles. The number of hydrogen-bond acceptors (Lipinski definition) is 3. The second-order valence-corrected chi connectivity index (χ2v) is 7.38. The van der Waals surface area contributed by atoms with E-state index in [1.54, 1.807) is 12.4 Å². The van der Waals surface area contributed by atoms with Gasteiger partial charge in [-0.3, -0.25) is 0 Å². The lowest BCUT2D eigenvalue weighted by Gasteiger charge is -2.09. The number of fused-ring (bicyclic) bond motifs is 4. The summed E-state index contributed by atoms with van der Waals surface area (Å²) in [5.74, 6) is 0. The van der Waals surface area contributed by atoms with Gasteiger partial charge in [0, 0.05) is 25.7 Å². The molecule has 0 N–H and O–H groups in total. The van der Waals surface area contributed by atoms with Crippen LogP contribution in [0.15, 0.2) is 67.5 Å². The summed E-state index contributed by atoms with van der Waals surface area (Å²) in [4.78, 5) is 8.90. The Hall–Kier alpha value is -3.11. The van der Waals surface area contributed by atoms with Crippen molar-refractivity contribution in [2.45, 2.75) is 6.92 Å². The summed E-state index contributed by atoms with van der Waals surface area (Å²) < 4.78 is 4.66. The molecule has 0 saturated carbocycles. The number of aryl methyl sites for hydroxylation is 1. The highest BCUT2D eigenvalue weighted by molar-refractivity contribution is 7.25. The predicted octanol–water partition coefficient (Wildman–Crippen LogP) is 5.36. The van der Waals surface area contributed by atoms with Crippen molar-refractivity contribution in [3.8, 4) is 11.3 Å². The topological polar surface area (TPSA) is 29.7 Å². The van der Waals surface area contributed by atoms with Crippen LogP contribution in [-0.4, -0.2) is 9.97 Å². The molecule has 5 rings (SSSR count). The first-order chi connectivity index (χ1) is 12.8. The van der Waals surface area contributed by atoms with Gasteiger partial charge in [-0.15, -0.1) is 11.3 Å². The van der Waals surface area contributed by atoms with Gasteiger partial charge in [0.15, 0.2) is 11.7 Å². The standard InChI is InChI=1S/C22H16N3S/c1-3-25-19(9-8-18-22(25)24-11-10-23-18)16-13-17-15-6-4-5-7-20(15)26-21(17)12-14(16)2/h3-13H,1H2,2H3/q+1. The van der Waals surface area contributed by atoms with Gasteiger partial charge in [0.1, 0.15) is 5.69 Å². The minimum atomic E-state index is 0.815. The largest absolute Gasteiger partial charge is 0.353 e. The molecular formula is C22H16N3S+. The van der Waals surface area contributed by atoms with E-state index in [0.29, 0.717) is 0 Å². The molecule has 0 radical (unpaired) electrons. The summed E-state index contributed by atoms with van der Waals surface area (Å²) in [7, 11) is 0. The molecule has 0 saturated heterocycles. The van der Waals surface area contributed by atoms with E-state index in [4.69, 9.17) is 0 Å². The minimum Gasteiger partial charge on any atom is -0.244 e. The fourth-order valence-corrected chi connectivity index (χ4v) is 4.74. The number of benzene rings is 2. The van der Waals surface area contributed by atoms with Gasteiger partial charge >= 0.3 is 5.65 Å². The van der Waals surface area contributed by atoms with Crippen molar-refractivity contribution in [1.29, 1.82) is 0 Å². The van der Waals surface area contributed by atoms with Crippen molar-refractivity contribution in [2.75, 3.05) is 0 Å². The van der Waals surface area contributed by atoms with E-state index < -0.39 is 0 Å². The van der Waals surface area contributed by atoms with Crippen LogP contribution in [0.1, 0.15) is 5.56 Å². The number of rotatable bonds is 2. The monoisotopic (exact) mass is 354 g/mol. The quantitative estimate of drug-likeness (QED) is 0.399. The molecule has 5 aromatic rings. The molecule has 124 valence electrons. The van der Waals surface area contributed by atoms with Gasteiger partial charge in [0.25, 0.3) is 0 Å². The first kappa shape index (κ1) is 15.2. The Morgan fingerprint density at radius 1 is 0.962 bits per heavy atom. The smallest absolute Gasteiger partial charge is 0.244 e. The van der Waals surface area contributed by atoms with Crippen LogP contribution in [0.3, 0.4) is 0 Å². The molecule has 0 fully saturated rings. The second kappa shape index (κ2) is 5.71. The van der Waals surface area contributed by atoms with Gasteiger partial charge in [0.2, 0.25) is 0 Å². The summed E-state index contributed by atoms with van der Waals surface area (Å²) in [6.45, 7) is 6.16. The molecule has 4 heteroatoms. The van der Waals surface area contributed by atoms with E-state index in [9.17, 15) is 0 Å². The van der Waals surface area contributed by atoms with Crippen LogP contribution in [0.2, 0.25) is 0 Å². The highest BCUT2D eigenvalue weighted by atomic mass is 32.1. The van der Waals surface area contributed by atoms with Gasteiger partial charge in [-0.05, 0) is 47.8 Å². The molecule has 2 aromatic carbocycles. The van der Waals surface area contributed by atoms with Crippen LogP contribution in [-0.2, 0) is 0 Å². The number of thiophene rings is 1. The Labute approximate surface area is 154 Å². The van der Waals surface area contributed by atoms with Crippen LogP contribution in [0, 0.1) is 6.92 Å². The van der Waals surface area contributed by atoms with E-state index in [1.807, 2.05) is 28.2 Å². The van der Waals surface area contributed by atoms with E-state index in [2.05, 4.69) is 65.9 Å². The number of hydrogen-bond donors (Lipinski definition) is 0. The average Bonchev–Trinajstić information content (AvgIpc) is 3.03. The molecule has 0 spiro atoms. The SMILES string of the molecule is C=C[n+]1c(-c2cc3c(cc2C)sc2ccccc23)ccc2nccnc21. The third-order valence-corrected chi connectivity index (χ3v) is 5.91. The average molecular weight is 354 g/mol. The molecule has 0 aliphatic carbocycles. The normalized spacial score (nSPS) is 11.4. The van der Waals surface area contributed by atoms with Crippen LogP contribution in [0.5, 0.6) is 0 Å². The Bertz CT molecular complexity index is 1320. The molecule has 3 nitrogen and oxygen atoms in total. The van der Waals surface area contributed by atoms with E-state index >= 15 is 0 Å². The zero-order valence-corrected chi connectivity index (χ0v) is 15.1. The lowest BCUT2D eigenvalue weighted by molar-refractivity contribution is -0.528. The molecular weight excluding hydrogens is 338 g/mol. The zero-order valence-electron chi connectivity index (χ0n) is 14.3. The summed E-state index contributed by atoms with van der Waals surface area (Å²) in [6.07, 6.45) is 5.24. The van der Waals surface area contributed by atoms with Crippen LogP contribution in [0.4, 0.5) is 0 Å². The number of pyridine rings is 1. The molecule has 0 atom stereocenters. The lowest BCUT2D eigenvalue weighted by Crippen LogP contribution is -2.31. The first-order valence-corrected chi connectivity index (χ1v) is 9.28. The number of aromatic nitrogens is 3. The van der Waals surface area contributed by atoms with Gasteiger partial charge in [-0.2, -0.15) is 4.57 Å². The maximum Gasteiger partial charge on any atom is 0.353 e.